The van der Waals surface area contributed by atoms with E-state index in [-0.39, 0.29) is 16.7 Å². The number of nitro groups is 1. The Balaban J connectivity index is 1.57. The van der Waals surface area contributed by atoms with Crippen molar-refractivity contribution in [3.05, 3.63) is 105 Å². The minimum atomic E-state index is -0.516. The van der Waals surface area contributed by atoms with Gasteiger partial charge >= 0.3 is 0 Å². The number of hydrogen-bond acceptors (Lipinski definition) is 5. The van der Waals surface area contributed by atoms with Crippen LogP contribution in [0, 0.1) is 10.1 Å². The van der Waals surface area contributed by atoms with Crippen molar-refractivity contribution in [1.29, 1.82) is 0 Å². The van der Waals surface area contributed by atoms with Crippen molar-refractivity contribution in [3.63, 3.8) is 0 Å². The van der Waals surface area contributed by atoms with Crippen LogP contribution >= 0.6 is 0 Å². The summed E-state index contributed by atoms with van der Waals surface area (Å²) in [6.45, 7) is 2.14. The second-order valence-electron chi connectivity index (χ2n) is 7.56. The lowest BCUT2D eigenvalue weighted by Gasteiger charge is -2.38. The van der Waals surface area contributed by atoms with Gasteiger partial charge in [0.1, 0.15) is 5.75 Å². The molecule has 0 aromatic heterocycles. The summed E-state index contributed by atoms with van der Waals surface area (Å²) in [5, 5.41) is 18.1. The lowest BCUT2D eigenvalue weighted by atomic mass is 9.95. The van der Waals surface area contributed by atoms with Gasteiger partial charge in [-0.1, -0.05) is 61.5 Å². The Bertz CT molecular complexity index is 1140. The Labute approximate surface area is 174 Å². The van der Waals surface area contributed by atoms with E-state index in [1.165, 1.54) is 11.6 Å². The molecule has 3 aromatic rings. The third-order valence-corrected chi connectivity index (χ3v) is 5.76. The third-order valence-electron chi connectivity index (χ3n) is 5.76. The highest BCUT2D eigenvalue weighted by atomic mass is 16.6. The fraction of sp³-hybridized carbons (Fsp3) is 0.208. The molecule has 0 saturated carbocycles. The Hall–Kier alpha value is -3.67. The van der Waals surface area contributed by atoms with E-state index in [0.29, 0.717) is 0 Å². The van der Waals surface area contributed by atoms with Crippen molar-refractivity contribution in [2.24, 2.45) is 5.10 Å². The van der Waals surface area contributed by atoms with Crippen LogP contribution in [-0.2, 0) is 6.42 Å². The van der Waals surface area contributed by atoms with E-state index < -0.39 is 6.23 Å². The summed E-state index contributed by atoms with van der Waals surface area (Å²) >= 11 is 0. The van der Waals surface area contributed by atoms with E-state index in [1.807, 2.05) is 29.3 Å². The maximum atomic E-state index is 11.3. The highest BCUT2D eigenvalue weighted by molar-refractivity contribution is 6.02. The van der Waals surface area contributed by atoms with E-state index in [0.717, 1.165) is 41.0 Å². The average Bonchev–Trinajstić information content (AvgIpc) is 3.24. The van der Waals surface area contributed by atoms with E-state index in [9.17, 15) is 10.1 Å². The molecule has 0 unspecified atom stereocenters. The predicted octanol–water partition coefficient (Wildman–Crippen LogP) is 5.40. The number of aryl methyl sites for hydroxylation is 1. The molecule has 150 valence electrons. The van der Waals surface area contributed by atoms with Crippen molar-refractivity contribution in [2.75, 3.05) is 0 Å². The molecule has 0 radical (unpaired) electrons. The van der Waals surface area contributed by atoms with Gasteiger partial charge in [-0.05, 0) is 23.6 Å². The van der Waals surface area contributed by atoms with Gasteiger partial charge in [0.25, 0.3) is 5.69 Å². The van der Waals surface area contributed by atoms with Crippen LogP contribution in [-0.4, -0.2) is 15.6 Å². The molecular weight excluding hydrogens is 378 g/mol. The summed E-state index contributed by atoms with van der Waals surface area (Å²) in [7, 11) is 0. The molecule has 30 heavy (non-hydrogen) atoms. The van der Waals surface area contributed by atoms with E-state index in [4.69, 9.17) is 9.84 Å². The van der Waals surface area contributed by atoms with Crippen LogP contribution in [0.2, 0.25) is 0 Å². The summed E-state index contributed by atoms with van der Waals surface area (Å²) in [4.78, 5) is 10.9. The summed E-state index contributed by atoms with van der Waals surface area (Å²) in [6.07, 6.45) is 1.24. The van der Waals surface area contributed by atoms with Crippen LogP contribution in [0.15, 0.2) is 77.9 Å². The molecule has 0 aliphatic carbocycles. The van der Waals surface area contributed by atoms with Crippen LogP contribution in [0.5, 0.6) is 5.75 Å². The molecule has 0 spiro atoms. The lowest BCUT2D eigenvalue weighted by Crippen LogP contribution is -2.33. The van der Waals surface area contributed by atoms with E-state index in [2.05, 4.69) is 37.3 Å². The maximum Gasteiger partial charge on any atom is 0.269 e. The molecule has 2 aliphatic rings. The Kier molecular flexibility index (Phi) is 4.47. The molecule has 2 heterocycles. The first kappa shape index (κ1) is 18.4. The normalized spacial score (nSPS) is 19.5. The third kappa shape index (κ3) is 3.10. The minimum Gasteiger partial charge on any atom is -0.464 e. The lowest BCUT2D eigenvalue weighted by molar-refractivity contribution is -0.385. The maximum absolute atomic E-state index is 11.3. The molecule has 5 rings (SSSR count). The van der Waals surface area contributed by atoms with E-state index in [1.54, 1.807) is 12.1 Å². The summed E-state index contributed by atoms with van der Waals surface area (Å²) in [6, 6.07) is 23.1. The Morgan fingerprint density at radius 3 is 2.67 bits per heavy atom. The zero-order valence-electron chi connectivity index (χ0n) is 16.6. The highest BCUT2D eigenvalue weighted by Crippen LogP contribution is 2.47. The van der Waals surface area contributed by atoms with Crippen molar-refractivity contribution in [3.8, 4) is 5.75 Å². The number of hydrogen-bond donors (Lipinski definition) is 0. The van der Waals surface area contributed by atoms with Crippen molar-refractivity contribution in [2.45, 2.75) is 32.0 Å². The van der Waals surface area contributed by atoms with Gasteiger partial charge in [0, 0.05) is 29.7 Å². The largest absolute Gasteiger partial charge is 0.464 e. The SMILES string of the molecule is CCc1ccc(C2=NN3[C@@H](c4cccc([N+](=O)[O-])c4)Oc4ccccc4[C@@H]3C2)cc1. The number of fused-ring (bicyclic) bond motifs is 3. The van der Waals surface area contributed by atoms with Gasteiger partial charge in [-0.15, -0.1) is 0 Å². The van der Waals surface area contributed by atoms with Gasteiger partial charge in [-0.2, -0.15) is 5.10 Å². The number of rotatable bonds is 4. The molecular formula is C24H21N3O3. The first-order valence-electron chi connectivity index (χ1n) is 10.1. The fourth-order valence-electron chi connectivity index (χ4n) is 4.15. The number of non-ortho nitro benzene ring substituents is 1. The summed E-state index contributed by atoms with van der Waals surface area (Å²) in [5.74, 6) is 0.799. The fourth-order valence-corrected chi connectivity index (χ4v) is 4.15. The first-order chi connectivity index (χ1) is 14.6. The first-order valence-corrected chi connectivity index (χ1v) is 10.1. The summed E-state index contributed by atoms with van der Waals surface area (Å²) < 4.78 is 6.28. The monoisotopic (exact) mass is 399 g/mol. The van der Waals surface area contributed by atoms with Gasteiger partial charge in [-0.3, -0.25) is 10.1 Å². The Morgan fingerprint density at radius 2 is 1.90 bits per heavy atom. The second kappa shape index (κ2) is 7.30. The molecule has 6 nitrogen and oxygen atoms in total. The molecule has 2 aliphatic heterocycles. The van der Waals surface area contributed by atoms with Gasteiger partial charge in [0.05, 0.1) is 16.7 Å². The van der Waals surface area contributed by atoms with E-state index >= 15 is 0 Å². The zero-order chi connectivity index (χ0) is 20.7. The molecule has 0 amide bonds. The molecule has 0 saturated heterocycles. The van der Waals surface area contributed by atoms with Crippen LogP contribution in [0.3, 0.4) is 0 Å². The molecule has 0 fully saturated rings. The molecule has 0 N–H and O–H groups in total. The zero-order valence-corrected chi connectivity index (χ0v) is 16.6. The Morgan fingerprint density at radius 1 is 1.10 bits per heavy atom. The topological polar surface area (TPSA) is 68.0 Å². The quantitative estimate of drug-likeness (QED) is 0.435. The van der Waals surface area contributed by atoms with Crippen LogP contribution in [0.1, 0.15) is 47.9 Å². The van der Waals surface area contributed by atoms with Gasteiger partial charge in [-0.25, -0.2) is 5.01 Å². The van der Waals surface area contributed by atoms with Crippen LogP contribution in [0.4, 0.5) is 5.69 Å². The number of hydrazone groups is 1. The van der Waals surface area contributed by atoms with Crippen molar-refractivity contribution < 1.29 is 9.66 Å². The van der Waals surface area contributed by atoms with Crippen molar-refractivity contribution in [1.82, 2.24) is 5.01 Å². The highest BCUT2D eigenvalue weighted by Gasteiger charge is 2.41. The molecule has 6 heteroatoms. The standard InChI is InChI=1S/C24H21N3O3/c1-2-16-10-12-17(13-11-16)21-15-22-20-8-3-4-9-23(20)30-24(26(22)25-21)18-6-5-7-19(14-18)27(28)29/h3-14,22,24H,2,15H2,1H3/t22-,24+/m0/s1. The number of ether oxygens (including phenoxy) is 1. The predicted molar refractivity (Wildman–Crippen MR) is 114 cm³/mol. The van der Waals surface area contributed by atoms with Crippen molar-refractivity contribution >= 4 is 11.4 Å². The molecule has 2 atom stereocenters. The number of benzene rings is 3. The van der Waals surface area contributed by atoms with Gasteiger partial charge in [0.2, 0.25) is 6.23 Å². The second-order valence-corrected chi connectivity index (χ2v) is 7.56. The van der Waals surface area contributed by atoms with Gasteiger partial charge < -0.3 is 4.74 Å². The molecule has 3 aromatic carbocycles. The average molecular weight is 399 g/mol. The smallest absolute Gasteiger partial charge is 0.269 e. The minimum absolute atomic E-state index is 0.0278. The molecule has 0 bridgehead atoms. The summed E-state index contributed by atoms with van der Waals surface area (Å²) in [5.41, 5.74) is 5.23. The van der Waals surface area contributed by atoms with Crippen LogP contribution in [0.25, 0.3) is 0 Å². The van der Waals surface area contributed by atoms with Gasteiger partial charge in [0.15, 0.2) is 0 Å². The van der Waals surface area contributed by atoms with Crippen LogP contribution < -0.4 is 4.74 Å². The number of para-hydroxylation sites is 1. The number of nitrogens with zero attached hydrogens (tertiary/aromatic N) is 3. The number of nitro benzene ring substituents is 1.